The van der Waals surface area contributed by atoms with E-state index in [0.717, 1.165) is 18.5 Å². The highest BCUT2D eigenvalue weighted by atomic mass is 32.2. The monoisotopic (exact) mass is 312 g/mol. The van der Waals surface area contributed by atoms with Crippen LogP contribution in [-0.2, 0) is 10.0 Å². The molecule has 0 aliphatic heterocycles. The van der Waals surface area contributed by atoms with Gasteiger partial charge in [0.25, 0.3) is 0 Å². The highest BCUT2D eigenvalue weighted by Gasteiger charge is 2.13. The third-order valence-electron chi connectivity index (χ3n) is 3.24. The summed E-state index contributed by atoms with van der Waals surface area (Å²) in [6.45, 7) is 9.15. The smallest absolute Gasteiger partial charge is 0.232 e. The summed E-state index contributed by atoms with van der Waals surface area (Å²) in [6, 6.07) is 8.03. The maximum atomic E-state index is 12.1. The topological polar surface area (TPSA) is 58.2 Å². The van der Waals surface area contributed by atoms with E-state index in [0.29, 0.717) is 24.1 Å². The Morgan fingerprint density at radius 2 is 1.71 bits per heavy atom. The standard InChI is InChI=1S/C16H28N2O2S/c1-13(2)15-9-5-6-10-16(15)18-21(19,20)12-8-7-11-17-14(3)4/h5-6,9-10,13-14,17-18H,7-8,11-12H2,1-4H3. The lowest BCUT2D eigenvalue weighted by Crippen LogP contribution is -2.24. The molecule has 0 radical (unpaired) electrons. The molecule has 1 rings (SSSR count). The predicted molar refractivity (Wildman–Crippen MR) is 90.3 cm³/mol. The Balaban J connectivity index is 2.53. The third-order valence-corrected chi connectivity index (χ3v) is 4.60. The fraction of sp³-hybridized carbons (Fsp3) is 0.625. The summed E-state index contributed by atoms with van der Waals surface area (Å²) in [6.07, 6.45) is 1.53. The maximum absolute atomic E-state index is 12.1. The van der Waals surface area contributed by atoms with Crippen LogP contribution >= 0.6 is 0 Å². The number of anilines is 1. The number of hydrogen-bond acceptors (Lipinski definition) is 3. The Kier molecular flexibility index (Phi) is 7.18. The van der Waals surface area contributed by atoms with Gasteiger partial charge < -0.3 is 5.32 Å². The van der Waals surface area contributed by atoms with Gasteiger partial charge in [-0.2, -0.15) is 0 Å². The van der Waals surface area contributed by atoms with E-state index < -0.39 is 10.0 Å². The second-order valence-corrected chi connectivity index (χ2v) is 7.82. The lowest BCUT2D eigenvalue weighted by Gasteiger charge is -2.15. The first-order valence-electron chi connectivity index (χ1n) is 7.64. The number of hydrogen-bond donors (Lipinski definition) is 2. The first-order valence-corrected chi connectivity index (χ1v) is 9.30. The van der Waals surface area contributed by atoms with Gasteiger partial charge in [0.05, 0.1) is 11.4 Å². The van der Waals surface area contributed by atoms with Gasteiger partial charge in [0.2, 0.25) is 10.0 Å². The average Bonchev–Trinajstić information content (AvgIpc) is 2.37. The van der Waals surface area contributed by atoms with E-state index in [2.05, 4.69) is 37.7 Å². The summed E-state index contributed by atoms with van der Waals surface area (Å²) < 4.78 is 27.0. The Bertz CT molecular complexity index is 525. The van der Waals surface area contributed by atoms with E-state index in [4.69, 9.17) is 0 Å². The van der Waals surface area contributed by atoms with Crippen LogP contribution in [0.4, 0.5) is 5.69 Å². The van der Waals surface area contributed by atoms with Crippen LogP contribution in [0.15, 0.2) is 24.3 Å². The normalized spacial score (nSPS) is 12.1. The first kappa shape index (κ1) is 18.0. The molecule has 4 nitrogen and oxygen atoms in total. The van der Waals surface area contributed by atoms with E-state index in [1.54, 1.807) is 0 Å². The fourth-order valence-electron chi connectivity index (χ4n) is 2.12. The average molecular weight is 312 g/mol. The fourth-order valence-corrected chi connectivity index (χ4v) is 3.33. The van der Waals surface area contributed by atoms with Crippen molar-refractivity contribution in [3.8, 4) is 0 Å². The van der Waals surface area contributed by atoms with Crippen LogP contribution in [0.5, 0.6) is 0 Å². The van der Waals surface area contributed by atoms with Crippen molar-refractivity contribution >= 4 is 15.7 Å². The lowest BCUT2D eigenvalue weighted by molar-refractivity contribution is 0.561. The highest BCUT2D eigenvalue weighted by Crippen LogP contribution is 2.24. The molecule has 0 amide bonds. The molecule has 0 aliphatic carbocycles. The molecule has 0 saturated heterocycles. The molecule has 5 heteroatoms. The van der Waals surface area contributed by atoms with Gasteiger partial charge in [-0.05, 0) is 36.9 Å². The molecule has 1 aromatic carbocycles. The van der Waals surface area contributed by atoms with Gasteiger partial charge >= 0.3 is 0 Å². The number of para-hydroxylation sites is 1. The van der Waals surface area contributed by atoms with Crippen molar-refractivity contribution in [3.05, 3.63) is 29.8 Å². The van der Waals surface area contributed by atoms with Crippen molar-refractivity contribution in [2.45, 2.75) is 52.5 Å². The predicted octanol–water partition coefficient (Wildman–Crippen LogP) is 3.33. The van der Waals surface area contributed by atoms with E-state index >= 15 is 0 Å². The van der Waals surface area contributed by atoms with Gasteiger partial charge in [0, 0.05) is 6.04 Å². The molecule has 0 atom stereocenters. The van der Waals surface area contributed by atoms with E-state index in [1.807, 2.05) is 24.3 Å². The minimum absolute atomic E-state index is 0.166. The van der Waals surface area contributed by atoms with Crippen LogP contribution < -0.4 is 10.0 Å². The molecular formula is C16H28N2O2S. The van der Waals surface area contributed by atoms with Crippen LogP contribution in [0.3, 0.4) is 0 Å². The summed E-state index contributed by atoms with van der Waals surface area (Å²) in [5, 5.41) is 3.29. The summed E-state index contributed by atoms with van der Waals surface area (Å²) in [4.78, 5) is 0. The van der Waals surface area contributed by atoms with Crippen molar-refractivity contribution in [3.63, 3.8) is 0 Å². The quantitative estimate of drug-likeness (QED) is 0.688. The zero-order valence-electron chi connectivity index (χ0n) is 13.5. The number of rotatable bonds is 9. The van der Waals surface area contributed by atoms with Crippen molar-refractivity contribution in [2.75, 3.05) is 17.0 Å². The number of benzene rings is 1. The Morgan fingerprint density at radius 1 is 1.05 bits per heavy atom. The Morgan fingerprint density at radius 3 is 2.33 bits per heavy atom. The minimum Gasteiger partial charge on any atom is -0.315 e. The van der Waals surface area contributed by atoms with Crippen molar-refractivity contribution < 1.29 is 8.42 Å². The molecule has 0 aromatic heterocycles. The molecule has 120 valence electrons. The highest BCUT2D eigenvalue weighted by molar-refractivity contribution is 7.92. The zero-order valence-corrected chi connectivity index (χ0v) is 14.3. The van der Waals surface area contributed by atoms with Crippen molar-refractivity contribution in [1.82, 2.24) is 5.32 Å². The number of nitrogens with one attached hydrogen (secondary N) is 2. The Labute approximate surface area is 129 Å². The first-order chi connectivity index (χ1) is 9.82. The zero-order chi connectivity index (χ0) is 15.9. The second-order valence-electron chi connectivity index (χ2n) is 5.98. The molecule has 0 bridgehead atoms. The van der Waals surface area contributed by atoms with Crippen molar-refractivity contribution in [2.24, 2.45) is 0 Å². The largest absolute Gasteiger partial charge is 0.315 e. The number of unbranched alkanes of at least 4 members (excludes halogenated alkanes) is 1. The maximum Gasteiger partial charge on any atom is 0.232 e. The molecule has 0 fully saturated rings. The molecule has 1 aromatic rings. The molecule has 0 heterocycles. The minimum atomic E-state index is -3.27. The van der Waals surface area contributed by atoms with Gasteiger partial charge in [-0.15, -0.1) is 0 Å². The molecule has 2 N–H and O–H groups in total. The van der Waals surface area contributed by atoms with E-state index in [1.165, 1.54) is 0 Å². The molecular weight excluding hydrogens is 284 g/mol. The summed E-state index contributed by atoms with van der Waals surface area (Å²) in [5.74, 6) is 0.457. The number of sulfonamides is 1. The molecule has 0 aliphatic rings. The van der Waals surface area contributed by atoms with E-state index in [-0.39, 0.29) is 5.75 Å². The van der Waals surface area contributed by atoms with Gasteiger partial charge in [-0.25, -0.2) is 8.42 Å². The Hall–Kier alpha value is -1.07. The van der Waals surface area contributed by atoms with Gasteiger partial charge in [0.1, 0.15) is 0 Å². The summed E-state index contributed by atoms with van der Waals surface area (Å²) in [5.41, 5.74) is 1.73. The molecule has 0 unspecified atom stereocenters. The van der Waals surface area contributed by atoms with Gasteiger partial charge in [0.15, 0.2) is 0 Å². The van der Waals surface area contributed by atoms with Crippen LogP contribution in [-0.4, -0.2) is 26.8 Å². The summed E-state index contributed by atoms with van der Waals surface area (Å²) in [7, 11) is -3.27. The second kappa shape index (κ2) is 8.39. The van der Waals surface area contributed by atoms with Gasteiger partial charge in [-0.3, -0.25) is 4.72 Å². The third kappa shape index (κ3) is 6.96. The van der Waals surface area contributed by atoms with Crippen molar-refractivity contribution in [1.29, 1.82) is 0 Å². The van der Waals surface area contributed by atoms with Crippen LogP contribution in [0.1, 0.15) is 52.0 Å². The van der Waals surface area contributed by atoms with Crippen LogP contribution in [0.2, 0.25) is 0 Å². The molecule has 0 saturated carbocycles. The molecule has 0 spiro atoms. The lowest BCUT2D eigenvalue weighted by atomic mass is 10.0. The van der Waals surface area contributed by atoms with Crippen LogP contribution in [0.25, 0.3) is 0 Å². The van der Waals surface area contributed by atoms with E-state index in [9.17, 15) is 8.42 Å². The van der Waals surface area contributed by atoms with Crippen LogP contribution in [0, 0.1) is 0 Å². The summed E-state index contributed by atoms with van der Waals surface area (Å²) >= 11 is 0. The molecule has 21 heavy (non-hydrogen) atoms. The van der Waals surface area contributed by atoms with Gasteiger partial charge in [-0.1, -0.05) is 45.9 Å². The SMILES string of the molecule is CC(C)NCCCCS(=O)(=O)Nc1ccccc1C(C)C.